The molecule has 1 atom stereocenters. The quantitative estimate of drug-likeness (QED) is 0.820. The summed E-state index contributed by atoms with van der Waals surface area (Å²) in [5.74, 6) is -1.39. The lowest BCUT2D eigenvalue weighted by Gasteiger charge is -2.17. The van der Waals surface area contributed by atoms with Gasteiger partial charge in [0.05, 0.1) is 11.5 Å². The fourth-order valence-electron chi connectivity index (χ4n) is 2.90. The van der Waals surface area contributed by atoms with E-state index in [0.717, 1.165) is 17.7 Å². The van der Waals surface area contributed by atoms with Gasteiger partial charge in [-0.3, -0.25) is 9.59 Å². The zero-order valence-electron chi connectivity index (χ0n) is 14.3. The summed E-state index contributed by atoms with van der Waals surface area (Å²) in [6.45, 7) is 1.98. The minimum absolute atomic E-state index is 0.0176. The summed E-state index contributed by atoms with van der Waals surface area (Å²) in [6, 6.07) is 9.57. The van der Waals surface area contributed by atoms with Gasteiger partial charge in [-0.1, -0.05) is 23.7 Å². The fourth-order valence-corrected chi connectivity index (χ4v) is 3.07. The molecule has 2 aromatic carbocycles. The molecule has 0 bridgehead atoms. The van der Waals surface area contributed by atoms with Crippen LogP contribution in [0.3, 0.4) is 0 Å². The van der Waals surface area contributed by atoms with Gasteiger partial charge in [-0.25, -0.2) is 0 Å². The van der Waals surface area contributed by atoms with E-state index < -0.39 is 23.6 Å². The minimum atomic E-state index is -4.49. The third kappa shape index (κ3) is 4.24. The number of halogens is 4. The molecule has 1 heterocycles. The maximum Gasteiger partial charge on any atom is 0.416 e. The Balaban J connectivity index is 1.72. The summed E-state index contributed by atoms with van der Waals surface area (Å²) in [5.41, 5.74) is 0.647. The number of carbonyl (C=O) groups excluding carboxylic acids is 2. The number of hydrogen-bond donors (Lipinski definition) is 1. The number of carbonyl (C=O) groups is 2. The standard InChI is InChI=1S/C19H16ClF3N2O2/c1-11-5-6-15(9-16(11)20)25-10-12(7-17(25)26)18(27)24-14-4-2-3-13(8-14)19(21,22)23/h2-6,8-9,12H,7,10H2,1H3,(H,24,27). The van der Waals surface area contributed by atoms with Gasteiger partial charge in [0, 0.05) is 29.4 Å². The molecule has 1 N–H and O–H groups in total. The van der Waals surface area contributed by atoms with Crippen molar-refractivity contribution in [2.75, 3.05) is 16.8 Å². The number of hydrogen-bond acceptors (Lipinski definition) is 2. The molecule has 2 aromatic rings. The number of rotatable bonds is 3. The van der Waals surface area contributed by atoms with Crippen LogP contribution in [0.15, 0.2) is 42.5 Å². The number of nitrogens with zero attached hydrogens (tertiary/aromatic N) is 1. The van der Waals surface area contributed by atoms with Crippen molar-refractivity contribution in [3.8, 4) is 0 Å². The zero-order valence-corrected chi connectivity index (χ0v) is 15.1. The van der Waals surface area contributed by atoms with Crippen LogP contribution in [-0.2, 0) is 15.8 Å². The molecular weight excluding hydrogens is 381 g/mol. The van der Waals surface area contributed by atoms with E-state index in [9.17, 15) is 22.8 Å². The van der Waals surface area contributed by atoms with Crippen molar-refractivity contribution in [3.05, 3.63) is 58.6 Å². The molecule has 0 saturated carbocycles. The summed E-state index contributed by atoms with van der Waals surface area (Å²) in [6.07, 6.45) is -4.51. The highest BCUT2D eigenvalue weighted by Gasteiger charge is 2.36. The van der Waals surface area contributed by atoms with Gasteiger partial charge in [-0.05, 0) is 42.8 Å². The van der Waals surface area contributed by atoms with Crippen molar-refractivity contribution in [3.63, 3.8) is 0 Å². The normalized spacial score (nSPS) is 17.3. The van der Waals surface area contributed by atoms with E-state index in [1.807, 2.05) is 6.92 Å². The van der Waals surface area contributed by atoms with E-state index in [4.69, 9.17) is 11.6 Å². The summed E-state index contributed by atoms with van der Waals surface area (Å²) in [7, 11) is 0. The Bertz CT molecular complexity index is 899. The lowest BCUT2D eigenvalue weighted by Crippen LogP contribution is -2.28. The van der Waals surface area contributed by atoms with Crippen LogP contribution >= 0.6 is 11.6 Å². The van der Waals surface area contributed by atoms with E-state index >= 15 is 0 Å². The van der Waals surface area contributed by atoms with Gasteiger partial charge in [0.2, 0.25) is 11.8 Å². The van der Waals surface area contributed by atoms with Crippen LogP contribution in [0.5, 0.6) is 0 Å². The molecule has 0 radical (unpaired) electrons. The first-order chi connectivity index (χ1) is 12.6. The smallest absolute Gasteiger partial charge is 0.326 e. The van der Waals surface area contributed by atoms with Crippen molar-refractivity contribution in [2.24, 2.45) is 5.92 Å². The molecule has 4 nitrogen and oxygen atoms in total. The molecule has 1 unspecified atom stereocenters. The molecule has 1 aliphatic rings. The number of nitrogens with one attached hydrogen (secondary N) is 1. The fraction of sp³-hybridized carbons (Fsp3) is 0.263. The molecule has 8 heteroatoms. The second-order valence-corrected chi connectivity index (χ2v) is 6.81. The molecule has 0 aromatic heterocycles. The molecule has 1 fully saturated rings. The number of anilines is 2. The molecule has 142 valence electrons. The summed E-state index contributed by atoms with van der Waals surface area (Å²) in [5, 5.41) is 2.98. The van der Waals surface area contributed by atoms with Crippen LogP contribution in [0.1, 0.15) is 17.5 Å². The molecule has 27 heavy (non-hydrogen) atoms. The first-order valence-electron chi connectivity index (χ1n) is 8.20. The number of benzene rings is 2. The second kappa shape index (κ2) is 7.23. The Labute approximate surface area is 158 Å². The van der Waals surface area contributed by atoms with Gasteiger partial charge in [0.25, 0.3) is 0 Å². The SMILES string of the molecule is Cc1ccc(N2CC(C(=O)Nc3cccc(C(F)(F)F)c3)CC2=O)cc1Cl. The van der Waals surface area contributed by atoms with Crippen LogP contribution in [0.25, 0.3) is 0 Å². The summed E-state index contributed by atoms with van der Waals surface area (Å²) < 4.78 is 38.3. The number of aryl methyl sites for hydroxylation is 1. The Morgan fingerprint density at radius 3 is 2.63 bits per heavy atom. The average Bonchev–Trinajstić information content (AvgIpc) is 2.99. The average molecular weight is 397 g/mol. The Morgan fingerprint density at radius 1 is 1.22 bits per heavy atom. The van der Waals surface area contributed by atoms with E-state index in [2.05, 4.69) is 5.32 Å². The Kier molecular flexibility index (Phi) is 5.15. The van der Waals surface area contributed by atoms with Crippen molar-refractivity contribution < 1.29 is 22.8 Å². The van der Waals surface area contributed by atoms with Crippen molar-refractivity contribution in [1.29, 1.82) is 0 Å². The first kappa shape index (κ1) is 19.2. The largest absolute Gasteiger partial charge is 0.416 e. The summed E-state index contributed by atoms with van der Waals surface area (Å²) in [4.78, 5) is 26.2. The highest BCUT2D eigenvalue weighted by atomic mass is 35.5. The molecule has 1 saturated heterocycles. The highest BCUT2D eigenvalue weighted by molar-refractivity contribution is 6.31. The van der Waals surface area contributed by atoms with Crippen LogP contribution in [0, 0.1) is 12.8 Å². The molecular formula is C19H16ClF3N2O2. The number of alkyl halides is 3. The maximum atomic E-state index is 12.8. The van der Waals surface area contributed by atoms with Gasteiger partial charge in [0.1, 0.15) is 0 Å². The van der Waals surface area contributed by atoms with Crippen LogP contribution in [0.4, 0.5) is 24.5 Å². The zero-order chi connectivity index (χ0) is 19.8. The topological polar surface area (TPSA) is 49.4 Å². The van der Waals surface area contributed by atoms with Gasteiger partial charge >= 0.3 is 6.18 Å². The lowest BCUT2D eigenvalue weighted by atomic mass is 10.1. The molecule has 0 aliphatic carbocycles. The predicted octanol–water partition coefficient (Wildman–Crippen LogP) is 4.66. The first-order valence-corrected chi connectivity index (χ1v) is 8.57. The lowest BCUT2D eigenvalue weighted by molar-refractivity contribution is -0.137. The van der Waals surface area contributed by atoms with Crippen molar-refractivity contribution in [1.82, 2.24) is 0 Å². The monoisotopic (exact) mass is 396 g/mol. The molecule has 1 aliphatic heterocycles. The van der Waals surface area contributed by atoms with Crippen molar-refractivity contribution in [2.45, 2.75) is 19.5 Å². The second-order valence-electron chi connectivity index (χ2n) is 6.41. The van der Waals surface area contributed by atoms with E-state index in [1.54, 1.807) is 18.2 Å². The molecule has 0 spiro atoms. The number of amides is 2. The van der Waals surface area contributed by atoms with Crippen LogP contribution < -0.4 is 10.2 Å². The maximum absolute atomic E-state index is 12.8. The minimum Gasteiger partial charge on any atom is -0.326 e. The van der Waals surface area contributed by atoms with Crippen molar-refractivity contribution >= 4 is 34.8 Å². The predicted molar refractivity (Wildman–Crippen MR) is 96.7 cm³/mol. The van der Waals surface area contributed by atoms with Gasteiger partial charge in [0.15, 0.2) is 0 Å². The van der Waals surface area contributed by atoms with Gasteiger partial charge in [-0.2, -0.15) is 13.2 Å². The van der Waals surface area contributed by atoms with Crippen LogP contribution in [-0.4, -0.2) is 18.4 Å². The van der Waals surface area contributed by atoms with E-state index in [1.165, 1.54) is 17.0 Å². The van der Waals surface area contributed by atoms with Gasteiger partial charge < -0.3 is 10.2 Å². The Morgan fingerprint density at radius 2 is 1.96 bits per heavy atom. The van der Waals surface area contributed by atoms with Crippen LogP contribution in [0.2, 0.25) is 5.02 Å². The highest BCUT2D eigenvalue weighted by Crippen LogP contribution is 2.32. The molecule has 3 rings (SSSR count). The van der Waals surface area contributed by atoms with E-state index in [0.29, 0.717) is 10.7 Å². The third-order valence-corrected chi connectivity index (χ3v) is 4.83. The van der Waals surface area contributed by atoms with E-state index in [-0.39, 0.29) is 24.6 Å². The van der Waals surface area contributed by atoms with Gasteiger partial charge in [-0.15, -0.1) is 0 Å². The molecule has 2 amide bonds. The summed E-state index contributed by atoms with van der Waals surface area (Å²) >= 11 is 6.09. The third-order valence-electron chi connectivity index (χ3n) is 4.42. The Hall–Kier alpha value is -2.54.